The van der Waals surface area contributed by atoms with E-state index < -0.39 is 17.7 Å². The van der Waals surface area contributed by atoms with E-state index in [0.29, 0.717) is 28.3 Å². The summed E-state index contributed by atoms with van der Waals surface area (Å²) in [6, 6.07) is 3.34. The van der Waals surface area contributed by atoms with Crippen LogP contribution < -0.4 is 0 Å². The molecule has 2 atom stereocenters. The van der Waals surface area contributed by atoms with Crippen molar-refractivity contribution in [2.75, 3.05) is 0 Å². The van der Waals surface area contributed by atoms with E-state index in [9.17, 15) is 14.3 Å². The van der Waals surface area contributed by atoms with Crippen molar-refractivity contribution in [1.29, 1.82) is 0 Å². The van der Waals surface area contributed by atoms with Crippen LogP contribution in [-0.2, 0) is 4.79 Å². The van der Waals surface area contributed by atoms with Gasteiger partial charge in [0.05, 0.1) is 18.2 Å². The van der Waals surface area contributed by atoms with Crippen molar-refractivity contribution in [3.05, 3.63) is 53.5 Å². The van der Waals surface area contributed by atoms with Crippen LogP contribution in [0.3, 0.4) is 0 Å². The lowest BCUT2D eigenvalue weighted by molar-refractivity contribution is -0.151. The second-order valence-corrected chi connectivity index (χ2v) is 10.5. The first-order valence-corrected chi connectivity index (χ1v) is 12.8. The number of nitrogens with zero attached hydrogens (tertiary/aromatic N) is 4. The monoisotopic (exact) mass is 487 g/mol. The van der Waals surface area contributed by atoms with Gasteiger partial charge in [0.15, 0.2) is 5.82 Å². The van der Waals surface area contributed by atoms with Crippen molar-refractivity contribution >= 4 is 39.4 Å². The van der Waals surface area contributed by atoms with Crippen LogP contribution >= 0.6 is 11.3 Å². The highest BCUT2D eigenvalue weighted by atomic mass is 32.1. The number of rotatable bonds is 4. The summed E-state index contributed by atoms with van der Waals surface area (Å²) in [7, 11) is 0. The van der Waals surface area contributed by atoms with Gasteiger partial charge in [0.25, 0.3) is 0 Å². The number of pyridine rings is 1. The zero-order valence-corrected chi connectivity index (χ0v) is 19.5. The Morgan fingerprint density at radius 2 is 1.94 bits per heavy atom. The van der Waals surface area contributed by atoms with Crippen molar-refractivity contribution < 1.29 is 14.3 Å². The fraction of sp³-hybridized carbons (Fsp3) is 0.308. The van der Waals surface area contributed by atoms with Gasteiger partial charge in [-0.25, -0.2) is 19.3 Å². The molecule has 3 aliphatic carbocycles. The zero-order chi connectivity index (χ0) is 23.7. The van der Waals surface area contributed by atoms with E-state index in [2.05, 4.69) is 37.2 Å². The Morgan fingerprint density at radius 3 is 2.71 bits per heavy atom. The van der Waals surface area contributed by atoms with Gasteiger partial charge in [0, 0.05) is 40.5 Å². The molecular formula is C26H22FN5O2S. The lowest BCUT2D eigenvalue weighted by Gasteiger charge is -2.47. The fourth-order valence-electron chi connectivity index (χ4n) is 6.36. The molecule has 0 amide bonds. The van der Waals surface area contributed by atoms with E-state index in [4.69, 9.17) is 4.98 Å². The normalized spacial score (nSPS) is 23.9. The average molecular weight is 488 g/mol. The first kappa shape index (κ1) is 20.8. The number of H-pyrrole nitrogens is 1. The van der Waals surface area contributed by atoms with Gasteiger partial charge in [-0.1, -0.05) is 0 Å². The Kier molecular flexibility index (Phi) is 4.57. The molecule has 0 radical (unpaired) electrons. The molecule has 176 valence electrons. The van der Waals surface area contributed by atoms with Crippen LogP contribution in [-0.4, -0.2) is 35.6 Å². The highest BCUT2D eigenvalue weighted by molar-refractivity contribution is 7.08. The molecule has 2 N–H and O–H groups in total. The minimum Gasteiger partial charge on any atom is -0.481 e. The third-order valence-corrected chi connectivity index (χ3v) is 8.61. The maximum absolute atomic E-state index is 14.0. The van der Waals surface area contributed by atoms with E-state index >= 15 is 0 Å². The standard InChI is InChI=1S/C26H22FN5O2S/c27-16-7-17-18(9-29-23(17)28-8-16)24-30-10-19-20(15-5-6-35-12-15)11-32(25(19)31-24)22-14-3-1-13(2-4-14)21(22)26(33)34/h5-14,21-22H,1-4H2,(H,28,29)(H,33,34)/t13?,14?,21-,22-/m1/s1. The molecule has 9 heteroatoms. The van der Waals surface area contributed by atoms with Gasteiger partial charge in [0.1, 0.15) is 17.1 Å². The van der Waals surface area contributed by atoms with Gasteiger partial charge in [-0.3, -0.25) is 4.79 Å². The maximum Gasteiger partial charge on any atom is 0.308 e. The lowest BCUT2D eigenvalue weighted by atomic mass is 9.61. The summed E-state index contributed by atoms with van der Waals surface area (Å²) in [5.74, 6) is -0.635. The molecule has 35 heavy (non-hydrogen) atoms. The van der Waals surface area contributed by atoms with Gasteiger partial charge >= 0.3 is 5.97 Å². The molecule has 8 rings (SSSR count). The SMILES string of the molecule is O=C(O)[C@@H]1C2CCC(CC2)[C@H]1n1cc(-c2ccsc2)c2cnc(-c3c[nH]c4ncc(F)cc34)nc21. The van der Waals surface area contributed by atoms with Crippen molar-refractivity contribution in [1.82, 2.24) is 24.5 Å². The highest BCUT2D eigenvalue weighted by Gasteiger charge is 2.48. The lowest BCUT2D eigenvalue weighted by Crippen LogP contribution is -2.44. The minimum atomic E-state index is -0.726. The Hall–Kier alpha value is -3.59. The maximum atomic E-state index is 14.0. The van der Waals surface area contributed by atoms with E-state index in [1.54, 1.807) is 17.5 Å². The Morgan fingerprint density at radius 1 is 1.11 bits per heavy atom. The fourth-order valence-corrected chi connectivity index (χ4v) is 7.02. The number of aromatic nitrogens is 5. The number of hydrogen-bond acceptors (Lipinski definition) is 5. The zero-order valence-electron chi connectivity index (χ0n) is 18.7. The van der Waals surface area contributed by atoms with E-state index in [0.717, 1.165) is 47.8 Å². The van der Waals surface area contributed by atoms with Crippen molar-refractivity contribution in [2.24, 2.45) is 17.8 Å². The van der Waals surface area contributed by atoms with Crippen LogP contribution in [0.5, 0.6) is 0 Å². The number of aromatic amines is 1. The topological polar surface area (TPSA) is 96.7 Å². The third kappa shape index (κ3) is 3.14. The number of carbonyl (C=O) groups is 1. The number of hydrogen-bond donors (Lipinski definition) is 2. The van der Waals surface area contributed by atoms with Crippen molar-refractivity contribution in [3.63, 3.8) is 0 Å². The molecule has 5 aromatic rings. The number of thiophene rings is 1. The molecule has 5 aromatic heterocycles. The molecular weight excluding hydrogens is 465 g/mol. The van der Waals surface area contributed by atoms with Gasteiger partial charge in [0.2, 0.25) is 0 Å². The summed E-state index contributed by atoms with van der Waals surface area (Å²) in [6.07, 6.45) is 10.8. The van der Waals surface area contributed by atoms with E-state index in [1.165, 1.54) is 12.3 Å². The van der Waals surface area contributed by atoms with E-state index in [-0.39, 0.29) is 12.0 Å². The first-order valence-electron chi connectivity index (χ1n) is 11.8. The quantitative estimate of drug-likeness (QED) is 0.329. The number of carboxylic acid groups (broad SMARTS) is 1. The second kappa shape index (κ2) is 7.71. The number of aliphatic carboxylic acids is 1. The predicted octanol–water partition coefficient (Wildman–Crippen LogP) is 5.90. The Balaban J connectivity index is 1.46. The largest absolute Gasteiger partial charge is 0.481 e. The molecule has 3 aliphatic rings. The van der Waals surface area contributed by atoms with E-state index in [1.807, 2.05) is 11.6 Å². The summed E-state index contributed by atoms with van der Waals surface area (Å²) in [5.41, 5.74) is 4.03. The molecule has 3 saturated carbocycles. The van der Waals surface area contributed by atoms with Gasteiger partial charge in [-0.2, -0.15) is 11.3 Å². The predicted molar refractivity (Wildman–Crippen MR) is 131 cm³/mol. The summed E-state index contributed by atoms with van der Waals surface area (Å²) in [6.45, 7) is 0. The summed E-state index contributed by atoms with van der Waals surface area (Å²) in [5, 5.41) is 15.8. The number of nitrogens with one attached hydrogen (secondary N) is 1. The minimum absolute atomic E-state index is 0.153. The molecule has 2 bridgehead atoms. The van der Waals surface area contributed by atoms with Crippen LogP contribution in [0.15, 0.2) is 47.7 Å². The highest BCUT2D eigenvalue weighted by Crippen LogP contribution is 2.52. The third-order valence-electron chi connectivity index (χ3n) is 7.92. The molecule has 0 aromatic carbocycles. The van der Waals surface area contributed by atoms with Crippen LogP contribution in [0.2, 0.25) is 0 Å². The number of halogens is 1. The van der Waals surface area contributed by atoms with Crippen molar-refractivity contribution in [3.8, 4) is 22.5 Å². The molecule has 7 nitrogen and oxygen atoms in total. The number of fused-ring (bicyclic) bond motifs is 5. The molecule has 0 saturated heterocycles. The molecule has 0 spiro atoms. The van der Waals surface area contributed by atoms with Crippen LogP contribution in [0.4, 0.5) is 4.39 Å². The van der Waals surface area contributed by atoms with Crippen LogP contribution in [0, 0.1) is 23.6 Å². The van der Waals surface area contributed by atoms with Gasteiger partial charge in [-0.05, 0) is 66.0 Å². The summed E-state index contributed by atoms with van der Waals surface area (Å²) in [4.78, 5) is 29.3. The molecule has 5 heterocycles. The summed E-state index contributed by atoms with van der Waals surface area (Å²) >= 11 is 1.62. The van der Waals surface area contributed by atoms with Crippen LogP contribution in [0.1, 0.15) is 31.7 Å². The summed E-state index contributed by atoms with van der Waals surface area (Å²) < 4.78 is 16.1. The second-order valence-electron chi connectivity index (χ2n) is 9.67. The number of carboxylic acids is 1. The van der Waals surface area contributed by atoms with Crippen LogP contribution in [0.25, 0.3) is 44.6 Å². The average Bonchev–Trinajstić information content (AvgIpc) is 3.62. The molecule has 0 unspecified atom stereocenters. The molecule has 3 fully saturated rings. The Bertz CT molecular complexity index is 1580. The van der Waals surface area contributed by atoms with Gasteiger partial charge in [-0.15, -0.1) is 0 Å². The van der Waals surface area contributed by atoms with Gasteiger partial charge < -0.3 is 14.7 Å². The molecule has 0 aliphatic heterocycles. The first-order chi connectivity index (χ1) is 17.1. The van der Waals surface area contributed by atoms with Crippen molar-refractivity contribution in [2.45, 2.75) is 31.7 Å². The Labute approximate surface area is 203 Å². The smallest absolute Gasteiger partial charge is 0.308 e.